The average Bonchev–Trinajstić information content (AvgIpc) is 2.47. The van der Waals surface area contributed by atoms with Gasteiger partial charge in [-0.2, -0.15) is 0 Å². The molecule has 0 aliphatic heterocycles. The molecule has 0 spiro atoms. The van der Waals surface area contributed by atoms with Gasteiger partial charge in [-0.05, 0) is 42.5 Å². The summed E-state index contributed by atoms with van der Waals surface area (Å²) in [6.07, 6.45) is 0. The molecule has 2 aromatic carbocycles. The van der Waals surface area contributed by atoms with Crippen molar-refractivity contribution in [3.05, 3.63) is 58.9 Å². The maximum absolute atomic E-state index is 13.0. The normalized spacial score (nSPS) is 11.2. The number of sulfone groups is 1. The Balaban J connectivity index is 2.19. The Hall–Kier alpha value is -1.92. The highest BCUT2D eigenvalue weighted by Crippen LogP contribution is 2.20. The molecule has 22 heavy (non-hydrogen) atoms. The Morgan fingerprint density at radius 3 is 2.36 bits per heavy atom. The van der Waals surface area contributed by atoms with Gasteiger partial charge >= 0.3 is 0 Å². The summed E-state index contributed by atoms with van der Waals surface area (Å²) in [6.45, 7) is 1.56. The molecule has 0 atom stereocenters. The van der Waals surface area contributed by atoms with E-state index in [0.29, 0.717) is 5.69 Å². The summed E-state index contributed by atoms with van der Waals surface area (Å²) in [5.41, 5.74) is 0.550. The quantitative estimate of drug-likeness (QED) is 0.925. The number of halogens is 2. The van der Waals surface area contributed by atoms with E-state index < -0.39 is 21.6 Å². The second kappa shape index (κ2) is 6.46. The number of hydrogen-bond donors (Lipinski definition) is 1. The van der Waals surface area contributed by atoms with Crippen molar-refractivity contribution in [3.63, 3.8) is 0 Å². The van der Waals surface area contributed by atoms with Gasteiger partial charge in [-0.15, -0.1) is 0 Å². The average molecular weight is 342 g/mol. The monoisotopic (exact) mass is 341 g/mol. The minimum absolute atomic E-state index is 0.00248. The number of nitrogens with one attached hydrogen (secondary N) is 1. The molecule has 0 aliphatic carbocycles. The molecule has 0 radical (unpaired) electrons. The molecule has 0 aromatic heterocycles. The lowest BCUT2D eigenvalue weighted by Gasteiger charge is -2.08. The van der Waals surface area contributed by atoms with Crippen LogP contribution >= 0.6 is 11.6 Å². The van der Waals surface area contributed by atoms with Crippen LogP contribution in [0.25, 0.3) is 0 Å². The van der Waals surface area contributed by atoms with Crippen LogP contribution in [-0.4, -0.2) is 20.1 Å². The van der Waals surface area contributed by atoms with Crippen LogP contribution in [0.1, 0.15) is 17.3 Å². The van der Waals surface area contributed by atoms with Crippen molar-refractivity contribution in [2.24, 2.45) is 0 Å². The zero-order chi connectivity index (χ0) is 16.3. The Bertz CT molecular complexity index is 804. The van der Waals surface area contributed by atoms with Crippen molar-refractivity contribution in [1.29, 1.82) is 0 Å². The number of benzene rings is 2. The predicted octanol–water partition coefficient (Wildman–Crippen LogP) is 3.53. The number of hydrogen-bond acceptors (Lipinski definition) is 3. The lowest BCUT2D eigenvalue weighted by Crippen LogP contribution is -2.12. The third-order valence-corrected chi connectivity index (χ3v) is 5.09. The van der Waals surface area contributed by atoms with Crippen molar-refractivity contribution in [1.82, 2.24) is 0 Å². The van der Waals surface area contributed by atoms with Crippen LogP contribution in [0, 0.1) is 5.82 Å². The van der Waals surface area contributed by atoms with E-state index >= 15 is 0 Å². The number of carbonyl (C=O) groups is 1. The van der Waals surface area contributed by atoms with E-state index in [0.717, 1.165) is 12.1 Å². The van der Waals surface area contributed by atoms with Gasteiger partial charge < -0.3 is 5.32 Å². The molecule has 0 aliphatic rings. The molecule has 2 aromatic rings. The Morgan fingerprint density at radius 2 is 1.82 bits per heavy atom. The molecule has 0 saturated heterocycles. The van der Waals surface area contributed by atoms with E-state index in [-0.39, 0.29) is 21.2 Å². The van der Waals surface area contributed by atoms with Crippen molar-refractivity contribution in [2.45, 2.75) is 11.8 Å². The first kappa shape index (κ1) is 16.5. The Morgan fingerprint density at radius 1 is 1.18 bits per heavy atom. The van der Waals surface area contributed by atoms with Crippen LogP contribution in [0.15, 0.2) is 47.4 Å². The lowest BCUT2D eigenvalue weighted by atomic mass is 10.2. The standard InChI is InChI=1S/C15H13ClFNO3S/c1-2-22(20,21)12-6-4-11(5-7-12)18-15(19)13-8-3-10(17)9-14(13)16/h3-9H,2H2,1H3,(H,18,19). The summed E-state index contributed by atoms with van der Waals surface area (Å²) in [5.74, 6) is -1.03. The Kier molecular flexibility index (Phi) is 4.83. The van der Waals surface area contributed by atoms with Gasteiger partial charge in [-0.25, -0.2) is 12.8 Å². The molecule has 1 amide bonds. The number of rotatable bonds is 4. The summed E-state index contributed by atoms with van der Waals surface area (Å²) < 4.78 is 36.3. The number of carbonyl (C=O) groups excluding carboxylic acids is 1. The second-order valence-corrected chi connectivity index (χ2v) is 7.19. The van der Waals surface area contributed by atoms with Gasteiger partial charge in [0.15, 0.2) is 9.84 Å². The van der Waals surface area contributed by atoms with Gasteiger partial charge in [0, 0.05) is 5.69 Å². The molecule has 4 nitrogen and oxygen atoms in total. The molecule has 0 heterocycles. The Labute approximate surface area is 132 Å². The topological polar surface area (TPSA) is 63.2 Å². The highest BCUT2D eigenvalue weighted by molar-refractivity contribution is 7.91. The first-order valence-corrected chi connectivity index (χ1v) is 8.45. The van der Waals surface area contributed by atoms with Crippen LogP contribution in [0.5, 0.6) is 0 Å². The predicted molar refractivity (Wildman–Crippen MR) is 83.5 cm³/mol. The minimum atomic E-state index is -3.28. The molecular formula is C15H13ClFNO3S. The molecule has 0 saturated carbocycles. The summed E-state index contributed by atoms with van der Waals surface area (Å²) >= 11 is 5.81. The number of anilines is 1. The number of amides is 1. The third kappa shape index (κ3) is 3.64. The fourth-order valence-corrected chi connectivity index (χ4v) is 2.92. The van der Waals surface area contributed by atoms with Crippen LogP contribution in [-0.2, 0) is 9.84 Å². The van der Waals surface area contributed by atoms with E-state index in [1.807, 2.05) is 0 Å². The first-order chi connectivity index (χ1) is 10.3. The van der Waals surface area contributed by atoms with Gasteiger partial charge in [0.2, 0.25) is 0 Å². The highest BCUT2D eigenvalue weighted by atomic mass is 35.5. The van der Waals surface area contributed by atoms with Crippen LogP contribution < -0.4 is 5.32 Å². The van der Waals surface area contributed by atoms with Gasteiger partial charge in [-0.3, -0.25) is 4.79 Å². The molecule has 0 fully saturated rings. The smallest absolute Gasteiger partial charge is 0.257 e. The van der Waals surface area contributed by atoms with Crippen molar-refractivity contribution >= 4 is 33.0 Å². The van der Waals surface area contributed by atoms with Crippen molar-refractivity contribution < 1.29 is 17.6 Å². The summed E-state index contributed by atoms with van der Waals surface area (Å²) in [6, 6.07) is 9.27. The zero-order valence-electron chi connectivity index (χ0n) is 11.6. The third-order valence-electron chi connectivity index (χ3n) is 3.03. The second-order valence-electron chi connectivity index (χ2n) is 4.51. The fraction of sp³-hybridized carbons (Fsp3) is 0.133. The summed E-state index contributed by atoms with van der Waals surface area (Å²) in [5, 5.41) is 2.58. The van der Waals surface area contributed by atoms with Crippen LogP contribution in [0.3, 0.4) is 0 Å². The fourth-order valence-electron chi connectivity index (χ4n) is 1.78. The molecule has 7 heteroatoms. The van der Waals surface area contributed by atoms with E-state index in [1.165, 1.54) is 30.3 Å². The summed E-state index contributed by atoms with van der Waals surface area (Å²) in [4.78, 5) is 12.2. The largest absolute Gasteiger partial charge is 0.322 e. The van der Waals surface area contributed by atoms with E-state index in [9.17, 15) is 17.6 Å². The van der Waals surface area contributed by atoms with E-state index in [1.54, 1.807) is 6.92 Å². The SMILES string of the molecule is CCS(=O)(=O)c1ccc(NC(=O)c2ccc(F)cc2Cl)cc1. The van der Waals surface area contributed by atoms with Crippen LogP contribution in [0.4, 0.5) is 10.1 Å². The molecule has 0 bridgehead atoms. The van der Waals surface area contributed by atoms with Crippen LogP contribution in [0.2, 0.25) is 5.02 Å². The van der Waals surface area contributed by atoms with Crippen molar-refractivity contribution in [3.8, 4) is 0 Å². The van der Waals surface area contributed by atoms with E-state index in [2.05, 4.69) is 5.32 Å². The lowest BCUT2D eigenvalue weighted by molar-refractivity contribution is 0.102. The van der Waals surface area contributed by atoms with E-state index in [4.69, 9.17) is 11.6 Å². The van der Waals surface area contributed by atoms with Gasteiger partial charge in [0.05, 0.1) is 21.2 Å². The maximum atomic E-state index is 13.0. The summed E-state index contributed by atoms with van der Waals surface area (Å²) in [7, 11) is -3.28. The van der Waals surface area contributed by atoms with Gasteiger partial charge in [0.25, 0.3) is 5.91 Å². The molecular weight excluding hydrogens is 329 g/mol. The minimum Gasteiger partial charge on any atom is -0.322 e. The molecule has 1 N–H and O–H groups in total. The molecule has 116 valence electrons. The van der Waals surface area contributed by atoms with Crippen molar-refractivity contribution in [2.75, 3.05) is 11.1 Å². The maximum Gasteiger partial charge on any atom is 0.257 e. The van der Waals surface area contributed by atoms with Gasteiger partial charge in [0.1, 0.15) is 5.82 Å². The van der Waals surface area contributed by atoms with Gasteiger partial charge in [-0.1, -0.05) is 18.5 Å². The first-order valence-electron chi connectivity index (χ1n) is 6.42. The molecule has 2 rings (SSSR count). The zero-order valence-corrected chi connectivity index (χ0v) is 13.2. The molecule has 0 unspecified atom stereocenters. The highest BCUT2D eigenvalue weighted by Gasteiger charge is 2.13.